The number of amides is 1. The van der Waals surface area contributed by atoms with Crippen LogP contribution in [0.15, 0.2) is 17.2 Å². The Balaban J connectivity index is 2.41. The van der Waals surface area contributed by atoms with E-state index in [0.717, 1.165) is 0 Å². The number of carbonyl (C=O) groups excluding carboxylic acids is 1. The van der Waals surface area contributed by atoms with Crippen molar-refractivity contribution in [3.63, 3.8) is 0 Å². The molecule has 0 bridgehead atoms. The van der Waals surface area contributed by atoms with Gasteiger partial charge in [0.05, 0.1) is 12.8 Å². The molecule has 96 valence electrons. The zero-order valence-electron chi connectivity index (χ0n) is 10.0. The quantitative estimate of drug-likeness (QED) is 0.752. The number of nitrogens with zero attached hydrogens (tertiary/aromatic N) is 1. The summed E-state index contributed by atoms with van der Waals surface area (Å²) in [6, 6.07) is 2.50. The van der Waals surface area contributed by atoms with Gasteiger partial charge >= 0.3 is 6.09 Å². The molecule has 1 amide bonds. The monoisotopic (exact) mass is 252 g/mol. The molecule has 2 N–H and O–H groups in total. The molecule has 0 aromatic heterocycles. The van der Waals surface area contributed by atoms with Crippen LogP contribution >= 0.6 is 0 Å². The van der Waals surface area contributed by atoms with Crippen molar-refractivity contribution in [2.75, 3.05) is 7.11 Å². The number of benzene rings is 1. The van der Waals surface area contributed by atoms with Crippen LogP contribution in [-0.4, -0.2) is 24.0 Å². The van der Waals surface area contributed by atoms with Crippen LogP contribution in [0.1, 0.15) is 30.4 Å². The summed E-state index contributed by atoms with van der Waals surface area (Å²) in [6.07, 6.45) is -0.257. The van der Waals surface area contributed by atoms with E-state index in [1.807, 2.05) is 6.92 Å². The second-order valence-electron chi connectivity index (χ2n) is 4.12. The van der Waals surface area contributed by atoms with Crippen molar-refractivity contribution >= 4 is 11.8 Å². The highest BCUT2D eigenvalue weighted by atomic mass is 19.1. The maximum atomic E-state index is 13.7. The molecule has 0 saturated carbocycles. The minimum absolute atomic E-state index is 0.0406. The normalized spacial score (nSPS) is 19.7. The SMILES string of the molecule is COC(=O)N/N=C1\C[C@@H](C)c2c(F)ccc(O)c21. The fraction of sp³-hybridized carbons (Fsp3) is 0.333. The molecule has 1 aromatic carbocycles. The van der Waals surface area contributed by atoms with Crippen LogP contribution in [0.3, 0.4) is 0 Å². The van der Waals surface area contributed by atoms with Gasteiger partial charge in [0.15, 0.2) is 0 Å². The second-order valence-corrected chi connectivity index (χ2v) is 4.12. The van der Waals surface area contributed by atoms with E-state index in [-0.39, 0.29) is 17.5 Å². The Morgan fingerprint density at radius 1 is 1.61 bits per heavy atom. The molecule has 18 heavy (non-hydrogen) atoms. The number of carbonyl (C=O) groups is 1. The fourth-order valence-electron chi connectivity index (χ4n) is 2.12. The lowest BCUT2D eigenvalue weighted by Crippen LogP contribution is -2.19. The lowest BCUT2D eigenvalue weighted by atomic mass is 10.0. The largest absolute Gasteiger partial charge is 0.507 e. The van der Waals surface area contributed by atoms with Crippen molar-refractivity contribution in [3.8, 4) is 5.75 Å². The standard InChI is InChI=1S/C12H13FN2O3/c1-6-5-8(14-15-12(17)18-2)11-9(16)4-3-7(13)10(6)11/h3-4,6,16H,5H2,1-2H3,(H,15,17)/b14-8+/t6-/m1/s1. The molecule has 0 radical (unpaired) electrons. The third-order valence-corrected chi connectivity index (χ3v) is 2.92. The number of rotatable bonds is 1. The van der Waals surface area contributed by atoms with E-state index in [9.17, 15) is 14.3 Å². The Bertz CT molecular complexity index is 528. The number of aromatic hydroxyl groups is 1. The predicted molar refractivity (Wildman–Crippen MR) is 63.2 cm³/mol. The molecule has 6 heteroatoms. The molecule has 2 rings (SSSR count). The Hall–Kier alpha value is -2.11. The number of hydrogen-bond donors (Lipinski definition) is 2. The summed E-state index contributed by atoms with van der Waals surface area (Å²) in [6.45, 7) is 1.84. The van der Waals surface area contributed by atoms with E-state index in [0.29, 0.717) is 23.3 Å². The second kappa shape index (κ2) is 4.64. The number of hydrazone groups is 1. The maximum absolute atomic E-state index is 13.7. The Labute approximate surface area is 103 Å². The molecule has 0 saturated heterocycles. The summed E-state index contributed by atoms with van der Waals surface area (Å²) in [4.78, 5) is 10.9. The molecule has 0 unspecified atom stereocenters. The van der Waals surface area contributed by atoms with E-state index in [2.05, 4.69) is 15.3 Å². The lowest BCUT2D eigenvalue weighted by Gasteiger charge is -2.06. The summed E-state index contributed by atoms with van der Waals surface area (Å²) >= 11 is 0. The maximum Gasteiger partial charge on any atom is 0.427 e. The Kier molecular flexibility index (Phi) is 3.18. The lowest BCUT2D eigenvalue weighted by molar-refractivity contribution is 0.171. The van der Waals surface area contributed by atoms with E-state index in [1.54, 1.807) is 0 Å². The van der Waals surface area contributed by atoms with Gasteiger partial charge < -0.3 is 9.84 Å². The fourth-order valence-corrected chi connectivity index (χ4v) is 2.12. The smallest absolute Gasteiger partial charge is 0.427 e. The molecule has 0 fully saturated rings. The van der Waals surface area contributed by atoms with Crippen molar-refractivity contribution in [3.05, 3.63) is 29.1 Å². The molecule has 1 aromatic rings. The van der Waals surface area contributed by atoms with Crippen LogP contribution in [-0.2, 0) is 4.74 Å². The number of phenolic OH excluding ortho intramolecular Hbond substituents is 1. The minimum atomic E-state index is -0.709. The zero-order chi connectivity index (χ0) is 13.3. The zero-order valence-corrected chi connectivity index (χ0v) is 10.0. The van der Waals surface area contributed by atoms with Crippen LogP contribution in [0, 0.1) is 5.82 Å². The molecule has 1 aliphatic carbocycles. The average molecular weight is 252 g/mol. The van der Waals surface area contributed by atoms with Gasteiger partial charge in [0.1, 0.15) is 11.6 Å². The van der Waals surface area contributed by atoms with Crippen LogP contribution in [0.5, 0.6) is 5.75 Å². The van der Waals surface area contributed by atoms with Crippen molar-refractivity contribution < 1.29 is 19.0 Å². The first kappa shape index (κ1) is 12.3. The average Bonchev–Trinajstić information content (AvgIpc) is 2.69. The van der Waals surface area contributed by atoms with Crippen LogP contribution < -0.4 is 5.43 Å². The van der Waals surface area contributed by atoms with Crippen molar-refractivity contribution in [2.24, 2.45) is 5.10 Å². The first-order chi connectivity index (χ1) is 8.54. The molecule has 0 spiro atoms. The molecule has 1 atom stereocenters. The van der Waals surface area contributed by atoms with Gasteiger partial charge in [0.25, 0.3) is 0 Å². The molecular formula is C12H13FN2O3. The van der Waals surface area contributed by atoms with E-state index in [1.165, 1.54) is 19.2 Å². The topological polar surface area (TPSA) is 70.9 Å². The molecular weight excluding hydrogens is 239 g/mol. The number of ether oxygens (including phenoxy) is 1. The Morgan fingerprint density at radius 3 is 3.00 bits per heavy atom. The van der Waals surface area contributed by atoms with E-state index in [4.69, 9.17) is 0 Å². The van der Waals surface area contributed by atoms with Crippen LogP contribution in [0.4, 0.5) is 9.18 Å². The minimum Gasteiger partial charge on any atom is -0.507 e. The number of fused-ring (bicyclic) bond motifs is 1. The highest BCUT2D eigenvalue weighted by Gasteiger charge is 2.30. The summed E-state index contributed by atoms with van der Waals surface area (Å²) in [7, 11) is 1.22. The van der Waals surface area contributed by atoms with Gasteiger partial charge in [-0.05, 0) is 24.5 Å². The van der Waals surface area contributed by atoms with E-state index < -0.39 is 6.09 Å². The molecule has 0 aliphatic heterocycles. The third kappa shape index (κ3) is 2.01. The first-order valence-electron chi connectivity index (χ1n) is 5.46. The van der Waals surface area contributed by atoms with Gasteiger partial charge in [-0.25, -0.2) is 14.6 Å². The number of hydrogen-bond acceptors (Lipinski definition) is 4. The van der Waals surface area contributed by atoms with Crippen molar-refractivity contribution in [1.82, 2.24) is 5.43 Å². The molecule has 5 nitrogen and oxygen atoms in total. The highest BCUT2D eigenvalue weighted by molar-refractivity contribution is 6.07. The van der Waals surface area contributed by atoms with Crippen molar-refractivity contribution in [2.45, 2.75) is 19.3 Å². The van der Waals surface area contributed by atoms with Gasteiger partial charge in [-0.3, -0.25) is 0 Å². The molecule has 0 heterocycles. The summed E-state index contributed by atoms with van der Waals surface area (Å²) in [5.74, 6) is -0.509. The highest BCUT2D eigenvalue weighted by Crippen LogP contribution is 2.39. The first-order valence-corrected chi connectivity index (χ1v) is 5.46. The van der Waals surface area contributed by atoms with Gasteiger partial charge in [0, 0.05) is 11.1 Å². The summed E-state index contributed by atoms with van der Waals surface area (Å²) < 4.78 is 18.1. The summed E-state index contributed by atoms with van der Waals surface area (Å²) in [5.41, 5.74) is 3.41. The number of nitrogens with one attached hydrogen (secondary N) is 1. The third-order valence-electron chi connectivity index (χ3n) is 2.92. The number of phenols is 1. The van der Waals surface area contributed by atoms with Gasteiger partial charge in [-0.2, -0.15) is 5.10 Å². The number of methoxy groups -OCH3 is 1. The van der Waals surface area contributed by atoms with E-state index >= 15 is 0 Å². The number of halogens is 1. The van der Waals surface area contributed by atoms with Gasteiger partial charge in [-0.1, -0.05) is 6.92 Å². The van der Waals surface area contributed by atoms with Crippen LogP contribution in [0.2, 0.25) is 0 Å². The molecule has 1 aliphatic rings. The van der Waals surface area contributed by atoms with Gasteiger partial charge in [0.2, 0.25) is 0 Å². The Morgan fingerprint density at radius 2 is 2.33 bits per heavy atom. The predicted octanol–water partition coefficient (Wildman–Crippen LogP) is 2.10. The summed E-state index contributed by atoms with van der Waals surface area (Å²) in [5, 5.41) is 13.6. The van der Waals surface area contributed by atoms with Gasteiger partial charge in [-0.15, -0.1) is 0 Å². The van der Waals surface area contributed by atoms with Crippen LogP contribution in [0.25, 0.3) is 0 Å². The van der Waals surface area contributed by atoms with Crippen molar-refractivity contribution in [1.29, 1.82) is 0 Å².